The molecule has 6 nitrogen and oxygen atoms in total. The fourth-order valence-electron chi connectivity index (χ4n) is 1.55. The number of aromatic nitrogens is 1. The van der Waals surface area contributed by atoms with E-state index in [1.54, 1.807) is 18.5 Å². The van der Waals surface area contributed by atoms with Gasteiger partial charge in [0, 0.05) is 18.8 Å². The number of aromatic carboxylic acids is 1. The molecule has 0 spiro atoms. The standard InChI is InChI=1S/C13H11N3O3S/c1-14-11(16-12-9(7-17)3-5-20-12)10-6-8(13(18)19)2-4-15-10/h2-7H,1H3,(H,14,16)(H,18,19). The van der Waals surface area contributed by atoms with Gasteiger partial charge in [0.05, 0.1) is 5.56 Å². The van der Waals surface area contributed by atoms with E-state index >= 15 is 0 Å². The molecular formula is C13H11N3O3S. The van der Waals surface area contributed by atoms with E-state index in [1.807, 2.05) is 0 Å². The lowest BCUT2D eigenvalue weighted by molar-refractivity contribution is 0.0696. The lowest BCUT2D eigenvalue weighted by Gasteiger charge is -2.08. The third kappa shape index (κ3) is 2.89. The molecule has 0 aliphatic heterocycles. The summed E-state index contributed by atoms with van der Waals surface area (Å²) in [6.07, 6.45) is 2.15. The van der Waals surface area contributed by atoms with Gasteiger partial charge in [-0.15, -0.1) is 11.3 Å². The first kappa shape index (κ1) is 13.9. The van der Waals surface area contributed by atoms with E-state index in [1.165, 1.54) is 29.7 Å². The summed E-state index contributed by atoms with van der Waals surface area (Å²) in [5.41, 5.74) is 1.04. The largest absolute Gasteiger partial charge is 0.478 e. The van der Waals surface area contributed by atoms with Crippen molar-refractivity contribution in [2.24, 2.45) is 4.99 Å². The van der Waals surface area contributed by atoms with Crippen LogP contribution in [0.15, 0.2) is 34.8 Å². The normalized spacial score (nSPS) is 11.2. The van der Waals surface area contributed by atoms with Gasteiger partial charge in [0.2, 0.25) is 0 Å². The molecule has 0 aromatic carbocycles. The number of amidine groups is 1. The fraction of sp³-hybridized carbons (Fsp3) is 0.0769. The molecule has 0 bridgehead atoms. The van der Waals surface area contributed by atoms with Gasteiger partial charge in [-0.25, -0.2) is 4.79 Å². The summed E-state index contributed by atoms with van der Waals surface area (Å²) >= 11 is 1.36. The van der Waals surface area contributed by atoms with E-state index in [4.69, 9.17) is 5.11 Å². The first-order valence-corrected chi connectivity index (χ1v) is 6.50. The highest BCUT2D eigenvalue weighted by atomic mass is 32.1. The van der Waals surface area contributed by atoms with Crippen LogP contribution < -0.4 is 5.32 Å². The van der Waals surface area contributed by atoms with Gasteiger partial charge in [-0.2, -0.15) is 0 Å². The second-order valence-electron chi connectivity index (χ2n) is 3.76. The summed E-state index contributed by atoms with van der Waals surface area (Å²) in [6, 6.07) is 4.52. The Morgan fingerprint density at radius 3 is 2.95 bits per heavy atom. The van der Waals surface area contributed by atoms with Crippen molar-refractivity contribution in [2.75, 3.05) is 12.4 Å². The Labute approximate surface area is 118 Å². The number of hydrogen-bond donors (Lipinski definition) is 2. The van der Waals surface area contributed by atoms with Crippen molar-refractivity contribution < 1.29 is 14.7 Å². The Morgan fingerprint density at radius 2 is 2.30 bits per heavy atom. The number of nitrogens with zero attached hydrogens (tertiary/aromatic N) is 2. The number of nitrogens with one attached hydrogen (secondary N) is 1. The maximum atomic E-state index is 10.9. The molecule has 0 saturated heterocycles. The molecule has 2 N–H and O–H groups in total. The number of thiophene rings is 1. The number of carboxylic acid groups (broad SMARTS) is 1. The van der Waals surface area contributed by atoms with Crippen LogP contribution >= 0.6 is 11.3 Å². The number of carbonyl (C=O) groups excluding carboxylic acids is 1. The van der Waals surface area contributed by atoms with Crippen LogP contribution in [0.25, 0.3) is 0 Å². The minimum Gasteiger partial charge on any atom is -0.478 e. The second kappa shape index (κ2) is 6.07. The molecule has 7 heteroatoms. The van der Waals surface area contributed by atoms with E-state index in [2.05, 4.69) is 15.3 Å². The van der Waals surface area contributed by atoms with Gasteiger partial charge < -0.3 is 10.4 Å². The van der Waals surface area contributed by atoms with Crippen LogP contribution in [0.1, 0.15) is 26.4 Å². The van der Waals surface area contributed by atoms with Crippen molar-refractivity contribution in [3.63, 3.8) is 0 Å². The van der Waals surface area contributed by atoms with Crippen LogP contribution in [-0.2, 0) is 0 Å². The van der Waals surface area contributed by atoms with Gasteiger partial charge in [-0.05, 0) is 23.6 Å². The van der Waals surface area contributed by atoms with Gasteiger partial charge in [0.25, 0.3) is 0 Å². The summed E-state index contributed by atoms with van der Waals surface area (Å²) in [5, 5.41) is 14.4. The Balaban J connectivity index is 2.32. The average Bonchev–Trinajstić information content (AvgIpc) is 2.92. The molecule has 102 valence electrons. The van der Waals surface area contributed by atoms with Gasteiger partial charge >= 0.3 is 5.97 Å². The van der Waals surface area contributed by atoms with E-state index < -0.39 is 5.97 Å². The molecule has 0 fully saturated rings. The number of pyridine rings is 1. The molecule has 0 aliphatic carbocycles. The minimum absolute atomic E-state index is 0.125. The molecule has 0 atom stereocenters. The maximum Gasteiger partial charge on any atom is 0.335 e. The van der Waals surface area contributed by atoms with Crippen LogP contribution in [0.3, 0.4) is 0 Å². The van der Waals surface area contributed by atoms with E-state index in [0.717, 1.165) is 6.29 Å². The summed E-state index contributed by atoms with van der Waals surface area (Å²) in [7, 11) is 1.56. The number of anilines is 1. The maximum absolute atomic E-state index is 10.9. The smallest absolute Gasteiger partial charge is 0.335 e. The molecular weight excluding hydrogens is 278 g/mol. The molecule has 0 aliphatic rings. The zero-order valence-electron chi connectivity index (χ0n) is 10.5. The van der Waals surface area contributed by atoms with Crippen molar-refractivity contribution in [1.29, 1.82) is 0 Å². The number of rotatable bonds is 4. The van der Waals surface area contributed by atoms with Crippen LogP contribution in [0.2, 0.25) is 0 Å². The van der Waals surface area contributed by atoms with Crippen molar-refractivity contribution in [3.8, 4) is 0 Å². The number of aldehydes is 1. The van der Waals surface area contributed by atoms with Gasteiger partial charge in [-0.3, -0.25) is 14.8 Å². The number of hydrogen-bond acceptors (Lipinski definition) is 5. The minimum atomic E-state index is -1.03. The van der Waals surface area contributed by atoms with Gasteiger partial charge in [0.15, 0.2) is 12.1 Å². The third-order valence-electron chi connectivity index (χ3n) is 2.53. The monoisotopic (exact) mass is 289 g/mol. The SMILES string of the molecule is CN=C(Nc1sccc1C=O)c1cc(C(=O)O)ccn1. The lowest BCUT2D eigenvalue weighted by atomic mass is 10.2. The van der Waals surface area contributed by atoms with E-state index in [0.29, 0.717) is 22.1 Å². The molecule has 0 saturated carbocycles. The fourth-order valence-corrected chi connectivity index (χ4v) is 2.31. The Kier molecular flexibility index (Phi) is 4.21. The highest BCUT2D eigenvalue weighted by Gasteiger charge is 2.11. The van der Waals surface area contributed by atoms with Crippen LogP contribution in [-0.4, -0.2) is 35.2 Å². The molecule has 20 heavy (non-hydrogen) atoms. The highest BCUT2D eigenvalue weighted by molar-refractivity contribution is 7.14. The van der Waals surface area contributed by atoms with Gasteiger partial charge in [0.1, 0.15) is 10.7 Å². The first-order valence-electron chi connectivity index (χ1n) is 5.62. The topological polar surface area (TPSA) is 91.7 Å². The third-order valence-corrected chi connectivity index (χ3v) is 3.37. The zero-order valence-corrected chi connectivity index (χ0v) is 11.3. The van der Waals surface area contributed by atoms with Crippen molar-refractivity contribution >= 4 is 34.4 Å². The quantitative estimate of drug-likeness (QED) is 0.511. The molecule has 0 amide bonds. The predicted molar refractivity (Wildman–Crippen MR) is 77.0 cm³/mol. The lowest BCUT2D eigenvalue weighted by Crippen LogP contribution is -2.16. The molecule has 2 aromatic rings. The van der Waals surface area contributed by atoms with E-state index in [-0.39, 0.29) is 5.56 Å². The summed E-state index contributed by atoms with van der Waals surface area (Å²) in [5.74, 6) is -0.632. The molecule has 2 rings (SSSR count). The van der Waals surface area contributed by atoms with Crippen molar-refractivity contribution in [3.05, 3.63) is 46.6 Å². The summed E-state index contributed by atoms with van der Waals surface area (Å²) in [4.78, 5) is 30.0. The zero-order chi connectivity index (χ0) is 14.5. The Hall–Kier alpha value is -2.54. The summed E-state index contributed by atoms with van der Waals surface area (Å²) < 4.78 is 0. The Morgan fingerprint density at radius 1 is 1.50 bits per heavy atom. The molecule has 0 unspecified atom stereocenters. The molecule has 0 radical (unpaired) electrons. The van der Waals surface area contributed by atoms with Crippen molar-refractivity contribution in [2.45, 2.75) is 0 Å². The van der Waals surface area contributed by atoms with Crippen LogP contribution in [0, 0.1) is 0 Å². The van der Waals surface area contributed by atoms with E-state index in [9.17, 15) is 9.59 Å². The number of carboxylic acids is 1. The molecule has 2 heterocycles. The van der Waals surface area contributed by atoms with Crippen LogP contribution in [0.4, 0.5) is 5.00 Å². The van der Waals surface area contributed by atoms with Crippen molar-refractivity contribution in [1.82, 2.24) is 4.98 Å². The Bertz CT molecular complexity index is 679. The first-order chi connectivity index (χ1) is 9.65. The second-order valence-corrected chi connectivity index (χ2v) is 4.67. The highest BCUT2D eigenvalue weighted by Crippen LogP contribution is 2.22. The molecule has 2 aromatic heterocycles. The number of carbonyl (C=O) groups is 2. The number of aliphatic imine (C=N–C) groups is 1. The van der Waals surface area contributed by atoms with Crippen LogP contribution in [0.5, 0.6) is 0 Å². The average molecular weight is 289 g/mol. The predicted octanol–water partition coefficient (Wildman–Crippen LogP) is 2.14. The summed E-state index contributed by atoms with van der Waals surface area (Å²) in [6.45, 7) is 0. The van der Waals surface area contributed by atoms with Gasteiger partial charge in [-0.1, -0.05) is 0 Å².